The predicted octanol–water partition coefficient (Wildman–Crippen LogP) is 3.27. The quantitative estimate of drug-likeness (QED) is 0.816. The normalized spacial score (nSPS) is 14.3. The van der Waals surface area contributed by atoms with Gasteiger partial charge in [0.1, 0.15) is 11.6 Å². The van der Waals surface area contributed by atoms with Crippen LogP contribution in [0.25, 0.3) is 0 Å². The molecule has 0 N–H and O–H groups in total. The van der Waals surface area contributed by atoms with E-state index in [2.05, 4.69) is 0 Å². The molecule has 0 atom stereocenters. The van der Waals surface area contributed by atoms with Crippen molar-refractivity contribution in [3.8, 4) is 5.75 Å². The van der Waals surface area contributed by atoms with Gasteiger partial charge in [-0.2, -0.15) is 0 Å². The van der Waals surface area contributed by atoms with Crippen LogP contribution in [-0.4, -0.2) is 36.6 Å². The van der Waals surface area contributed by atoms with Crippen LogP contribution in [0.4, 0.5) is 4.39 Å². The van der Waals surface area contributed by atoms with Gasteiger partial charge in [-0.15, -0.1) is 0 Å². The third-order valence-electron chi connectivity index (χ3n) is 3.95. The Morgan fingerprint density at radius 3 is 2.58 bits per heavy atom. The van der Waals surface area contributed by atoms with E-state index < -0.39 is 0 Å². The molecule has 1 aliphatic rings. The van der Waals surface area contributed by atoms with Crippen LogP contribution in [0.15, 0.2) is 48.5 Å². The summed E-state index contributed by atoms with van der Waals surface area (Å²) in [6, 6.07) is 13.5. The van der Waals surface area contributed by atoms with Gasteiger partial charge in [-0.1, -0.05) is 24.3 Å². The minimum Gasteiger partial charge on any atom is -0.493 e. The Morgan fingerprint density at radius 2 is 1.88 bits per heavy atom. The SMILES string of the molecule is CCOc1ccccc1C(=O)N1CC(OCc2ccc(F)cc2)C1. The Morgan fingerprint density at radius 1 is 1.17 bits per heavy atom. The number of likely N-dealkylation sites (tertiary alicyclic amines) is 1. The number of amides is 1. The van der Waals surface area contributed by atoms with E-state index >= 15 is 0 Å². The van der Waals surface area contributed by atoms with Crippen molar-refractivity contribution < 1.29 is 18.7 Å². The van der Waals surface area contributed by atoms with Gasteiger partial charge in [-0.3, -0.25) is 4.79 Å². The fourth-order valence-electron chi connectivity index (χ4n) is 2.60. The molecule has 24 heavy (non-hydrogen) atoms. The van der Waals surface area contributed by atoms with Crippen LogP contribution in [0.2, 0.25) is 0 Å². The smallest absolute Gasteiger partial charge is 0.257 e. The molecule has 0 unspecified atom stereocenters. The molecule has 4 nitrogen and oxygen atoms in total. The molecule has 1 aliphatic heterocycles. The first kappa shape index (κ1) is 16.5. The Labute approximate surface area is 140 Å². The van der Waals surface area contributed by atoms with Crippen molar-refractivity contribution in [2.75, 3.05) is 19.7 Å². The standard InChI is InChI=1S/C19H20FNO3/c1-2-23-18-6-4-3-5-17(18)19(22)21-11-16(12-21)24-13-14-7-9-15(20)10-8-14/h3-10,16H,2,11-13H2,1H3. The number of para-hydroxylation sites is 1. The lowest BCUT2D eigenvalue weighted by molar-refractivity contribution is -0.0504. The second-order valence-corrected chi connectivity index (χ2v) is 5.70. The van der Waals surface area contributed by atoms with Gasteiger partial charge >= 0.3 is 0 Å². The molecule has 3 rings (SSSR count). The Hall–Kier alpha value is -2.40. The van der Waals surface area contributed by atoms with Crippen LogP contribution in [0.3, 0.4) is 0 Å². The van der Waals surface area contributed by atoms with Gasteiger partial charge in [-0.05, 0) is 36.8 Å². The highest BCUT2D eigenvalue weighted by atomic mass is 19.1. The highest BCUT2D eigenvalue weighted by molar-refractivity contribution is 5.97. The maximum absolute atomic E-state index is 12.9. The molecule has 5 heteroatoms. The molecule has 0 aromatic heterocycles. The Kier molecular flexibility index (Phi) is 5.11. The van der Waals surface area contributed by atoms with Crippen molar-refractivity contribution in [1.82, 2.24) is 4.90 Å². The summed E-state index contributed by atoms with van der Waals surface area (Å²) in [4.78, 5) is 14.3. The molecule has 2 aromatic carbocycles. The summed E-state index contributed by atoms with van der Waals surface area (Å²) in [6.45, 7) is 3.95. The first-order valence-electron chi connectivity index (χ1n) is 8.04. The second-order valence-electron chi connectivity index (χ2n) is 5.70. The minimum atomic E-state index is -0.257. The molecule has 0 radical (unpaired) electrons. The Balaban J connectivity index is 1.51. The maximum Gasteiger partial charge on any atom is 0.257 e. The van der Waals surface area contributed by atoms with E-state index in [-0.39, 0.29) is 17.8 Å². The van der Waals surface area contributed by atoms with Crippen LogP contribution in [0.5, 0.6) is 5.75 Å². The van der Waals surface area contributed by atoms with Crippen molar-refractivity contribution in [3.05, 3.63) is 65.5 Å². The molecule has 0 bridgehead atoms. The molecular weight excluding hydrogens is 309 g/mol. The summed E-state index contributed by atoms with van der Waals surface area (Å²) in [6.07, 6.45) is 0.0123. The van der Waals surface area contributed by atoms with E-state index in [4.69, 9.17) is 9.47 Å². The number of halogens is 1. The zero-order chi connectivity index (χ0) is 16.9. The summed E-state index contributed by atoms with van der Waals surface area (Å²) in [5, 5.41) is 0. The summed E-state index contributed by atoms with van der Waals surface area (Å²) in [5.41, 5.74) is 1.50. The highest BCUT2D eigenvalue weighted by Gasteiger charge is 2.33. The van der Waals surface area contributed by atoms with Gasteiger partial charge in [0.15, 0.2) is 0 Å². The lowest BCUT2D eigenvalue weighted by Gasteiger charge is -2.39. The topological polar surface area (TPSA) is 38.8 Å². The van der Waals surface area contributed by atoms with E-state index in [9.17, 15) is 9.18 Å². The zero-order valence-corrected chi connectivity index (χ0v) is 13.6. The van der Waals surface area contributed by atoms with Gasteiger partial charge < -0.3 is 14.4 Å². The van der Waals surface area contributed by atoms with E-state index in [0.717, 1.165) is 5.56 Å². The highest BCUT2D eigenvalue weighted by Crippen LogP contribution is 2.23. The molecule has 1 heterocycles. The number of nitrogens with zero attached hydrogens (tertiary/aromatic N) is 1. The van der Waals surface area contributed by atoms with Crippen molar-refractivity contribution in [3.63, 3.8) is 0 Å². The average Bonchev–Trinajstić information content (AvgIpc) is 2.55. The molecule has 0 spiro atoms. The number of rotatable bonds is 6. The maximum atomic E-state index is 12.9. The number of benzene rings is 2. The average molecular weight is 329 g/mol. The second kappa shape index (κ2) is 7.45. The summed E-state index contributed by atoms with van der Waals surface area (Å²) >= 11 is 0. The largest absolute Gasteiger partial charge is 0.493 e. The summed E-state index contributed by atoms with van der Waals surface area (Å²) in [7, 11) is 0. The van der Waals surface area contributed by atoms with Crippen molar-refractivity contribution in [2.45, 2.75) is 19.6 Å². The molecule has 1 fully saturated rings. The van der Waals surface area contributed by atoms with Gasteiger partial charge in [0.2, 0.25) is 0 Å². The molecule has 126 valence electrons. The fourth-order valence-corrected chi connectivity index (χ4v) is 2.60. The molecule has 0 saturated carbocycles. The number of hydrogen-bond donors (Lipinski definition) is 0. The third kappa shape index (κ3) is 3.74. The van der Waals surface area contributed by atoms with E-state index in [1.807, 2.05) is 19.1 Å². The number of carbonyl (C=O) groups excluding carboxylic acids is 1. The number of hydrogen-bond acceptors (Lipinski definition) is 3. The molecule has 2 aromatic rings. The van der Waals surface area contributed by atoms with Crippen molar-refractivity contribution >= 4 is 5.91 Å². The lowest BCUT2D eigenvalue weighted by atomic mass is 10.1. The summed E-state index contributed by atoms with van der Waals surface area (Å²) in [5.74, 6) is 0.313. The molecule has 1 saturated heterocycles. The third-order valence-corrected chi connectivity index (χ3v) is 3.95. The van der Waals surface area contributed by atoms with Gasteiger partial charge in [0, 0.05) is 13.1 Å². The van der Waals surface area contributed by atoms with E-state index in [1.165, 1.54) is 12.1 Å². The number of carbonyl (C=O) groups is 1. The van der Waals surface area contributed by atoms with Crippen molar-refractivity contribution in [1.29, 1.82) is 0 Å². The van der Waals surface area contributed by atoms with Gasteiger partial charge in [0.25, 0.3) is 5.91 Å². The molecular formula is C19H20FNO3. The lowest BCUT2D eigenvalue weighted by Crippen LogP contribution is -2.54. The van der Waals surface area contributed by atoms with Crippen LogP contribution >= 0.6 is 0 Å². The van der Waals surface area contributed by atoms with Gasteiger partial charge in [-0.25, -0.2) is 4.39 Å². The predicted molar refractivity (Wildman–Crippen MR) is 88.5 cm³/mol. The van der Waals surface area contributed by atoms with E-state index in [0.29, 0.717) is 37.6 Å². The van der Waals surface area contributed by atoms with Crippen LogP contribution < -0.4 is 4.74 Å². The van der Waals surface area contributed by atoms with Crippen LogP contribution in [-0.2, 0) is 11.3 Å². The fraction of sp³-hybridized carbons (Fsp3) is 0.316. The molecule has 1 amide bonds. The van der Waals surface area contributed by atoms with E-state index in [1.54, 1.807) is 29.2 Å². The first-order chi connectivity index (χ1) is 11.7. The van der Waals surface area contributed by atoms with Crippen molar-refractivity contribution in [2.24, 2.45) is 0 Å². The minimum absolute atomic E-state index is 0.0123. The summed E-state index contributed by atoms with van der Waals surface area (Å²) < 4.78 is 24.1. The Bertz CT molecular complexity index is 696. The van der Waals surface area contributed by atoms with Crippen LogP contribution in [0, 0.1) is 5.82 Å². The molecule has 0 aliphatic carbocycles. The van der Waals surface area contributed by atoms with Crippen LogP contribution in [0.1, 0.15) is 22.8 Å². The number of ether oxygens (including phenoxy) is 2. The zero-order valence-electron chi connectivity index (χ0n) is 13.6. The first-order valence-corrected chi connectivity index (χ1v) is 8.04. The van der Waals surface area contributed by atoms with Gasteiger partial charge in [0.05, 0.1) is 24.9 Å². The monoisotopic (exact) mass is 329 g/mol.